The van der Waals surface area contributed by atoms with E-state index < -0.39 is 0 Å². The fraction of sp³-hybridized carbons (Fsp3) is 0.429. The molecule has 11 heavy (non-hydrogen) atoms. The highest BCUT2D eigenvalue weighted by Crippen LogP contribution is 2.11. The van der Waals surface area contributed by atoms with E-state index in [0.29, 0.717) is 0 Å². The summed E-state index contributed by atoms with van der Waals surface area (Å²) in [6, 6.07) is 2.05. The molecule has 1 N–H and O–H groups in total. The zero-order valence-electron chi connectivity index (χ0n) is 6.57. The van der Waals surface area contributed by atoms with Crippen LogP contribution in [0.15, 0.2) is 12.3 Å². The second-order valence-electron chi connectivity index (χ2n) is 2.49. The number of nitrogens with one attached hydrogen (secondary N) is 1. The highest BCUT2D eigenvalue weighted by molar-refractivity contribution is 5.38. The third-order valence-corrected chi connectivity index (χ3v) is 1.34. The Morgan fingerprint density at radius 2 is 2.45 bits per heavy atom. The molecule has 58 valence electrons. The summed E-state index contributed by atoms with van der Waals surface area (Å²) in [6.45, 7) is 4.02. The first-order valence-electron chi connectivity index (χ1n) is 3.44. The maximum absolute atomic E-state index is 8.34. The summed E-state index contributed by atoms with van der Waals surface area (Å²) in [6.07, 6.45) is 3.52. The molecule has 0 radical (unpaired) electrons. The Kier molecular flexibility index (Phi) is 2.12. The normalized spacial score (nSPS) is 9.64. The molecule has 1 aromatic heterocycles. The Labute approximate surface area is 65.4 Å². The molecule has 0 unspecified atom stereocenters. The molecule has 0 atom stereocenters. The molecule has 0 aromatic carbocycles. The minimum Gasteiger partial charge on any atom is -0.277 e. The average Bonchev–Trinajstić information content (AvgIpc) is 2.36. The van der Waals surface area contributed by atoms with Gasteiger partial charge in [-0.05, 0) is 13.8 Å². The van der Waals surface area contributed by atoms with Gasteiger partial charge >= 0.3 is 0 Å². The topological polar surface area (TPSA) is 53.6 Å². The van der Waals surface area contributed by atoms with Gasteiger partial charge in [0.25, 0.3) is 0 Å². The number of hydrogen-bond acceptors (Lipinski definition) is 3. The molecule has 4 heteroatoms. The molecule has 0 saturated heterocycles. The Bertz CT molecular complexity index is 268. The Hall–Kier alpha value is -1.50. The van der Waals surface area contributed by atoms with Gasteiger partial charge in [0.2, 0.25) is 0 Å². The van der Waals surface area contributed by atoms with Gasteiger partial charge in [-0.25, -0.2) is 4.68 Å². The summed E-state index contributed by atoms with van der Waals surface area (Å²) in [5, 5.41) is 14.9. The molecule has 4 nitrogen and oxygen atoms in total. The van der Waals surface area contributed by atoms with Crippen molar-refractivity contribution in [1.29, 1.82) is 5.26 Å². The summed E-state index contributed by atoms with van der Waals surface area (Å²) in [4.78, 5) is 0. The van der Waals surface area contributed by atoms with E-state index in [0.717, 1.165) is 5.82 Å². The Morgan fingerprint density at radius 3 is 3.00 bits per heavy atom. The molecule has 1 rings (SSSR count). The lowest BCUT2D eigenvalue weighted by Gasteiger charge is -2.07. The van der Waals surface area contributed by atoms with Crippen molar-refractivity contribution in [2.45, 2.75) is 19.9 Å². The summed E-state index contributed by atoms with van der Waals surface area (Å²) in [5.74, 6) is 0.738. The Balaban J connectivity index is 2.89. The number of aromatic nitrogens is 2. The molecular weight excluding hydrogens is 140 g/mol. The first-order chi connectivity index (χ1) is 5.25. The molecule has 0 spiro atoms. The quantitative estimate of drug-likeness (QED) is 0.511. The molecular formula is C7H10N4. The monoisotopic (exact) mass is 150 g/mol. The van der Waals surface area contributed by atoms with Crippen LogP contribution in [0.25, 0.3) is 0 Å². The molecule has 0 aliphatic rings. The van der Waals surface area contributed by atoms with Crippen molar-refractivity contribution in [2.75, 3.05) is 5.32 Å². The predicted molar refractivity (Wildman–Crippen MR) is 41.8 cm³/mol. The van der Waals surface area contributed by atoms with Gasteiger partial charge in [-0.3, -0.25) is 5.32 Å². The number of hydrogen-bond donors (Lipinski definition) is 1. The molecule has 0 aliphatic carbocycles. The lowest BCUT2D eigenvalue weighted by molar-refractivity contribution is 0.540. The van der Waals surface area contributed by atoms with Crippen LogP contribution in [0.5, 0.6) is 0 Å². The summed E-state index contributed by atoms with van der Waals surface area (Å²) in [7, 11) is 0. The minimum atomic E-state index is 0.279. The molecule has 0 amide bonds. The summed E-state index contributed by atoms with van der Waals surface area (Å²) >= 11 is 0. The van der Waals surface area contributed by atoms with Crippen molar-refractivity contribution in [1.82, 2.24) is 9.78 Å². The van der Waals surface area contributed by atoms with Crippen molar-refractivity contribution in [3.05, 3.63) is 12.3 Å². The largest absolute Gasteiger partial charge is 0.277 e. The van der Waals surface area contributed by atoms with Gasteiger partial charge in [0.05, 0.1) is 6.20 Å². The maximum Gasteiger partial charge on any atom is 0.182 e. The fourth-order valence-electron chi connectivity index (χ4n) is 0.882. The Morgan fingerprint density at radius 1 is 1.73 bits per heavy atom. The van der Waals surface area contributed by atoms with Crippen LogP contribution >= 0.6 is 0 Å². The maximum atomic E-state index is 8.34. The van der Waals surface area contributed by atoms with Gasteiger partial charge in [-0.15, -0.1) is 0 Å². The smallest absolute Gasteiger partial charge is 0.182 e. The first-order valence-corrected chi connectivity index (χ1v) is 3.44. The van der Waals surface area contributed by atoms with Gasteiger partial charge < -0.3 is 0 Å². The van der Waals surface area contributed by atoms with Crippen molar-refractivity contribution < 1.29 is 0 Å². The SMILES string of the molecule is CC(C)n1nccc1NC#N. The number of nitriles is 1. The van der Waals surface area contributed by atoms with E-state index in [4.69, 9.17) is 5.26 Å². The van der Waals surface area contributed by atoms with E-state index in [1.807, 2.05) is 20.0 Å². The predicted octanol–water partition coefficient (Wildman–Crippen LogP) is 1.36. The van der Waals surface area contributed by atoms with Crippen LogP contribution < -0.4 is 5.32 Å². The van der Waals surface area contributed by atoms with Gasteiger partial charge in [0.1, 0.15) is 5.82 Å². The van der Waals surface area contributed by atoms with Gasteiger partial charge in [-0.1, -0.05) is 0 Å². The fourth-order valence-corrected chi connectivity index (χ4v) is 0.882. The van der Waals surface area contributed by atoms with Crippen LogP contribution in [0.3, 0.4) is 0 Å². The van der Waals surface area contributed by atoms with Crippen LogP contribution in [-0.4, -0.2) is 9.78 Å². The number of anilines is 1. The van der Waals surface area contributed by atoms with Crippen LogP contribution in [-0.2, 0) is 0 Å². The first kappa shape index (κ1) is 7.61. The number of rotatable bonds is 2. The van der Waals surface area contributed by atoms with Crippen LogP contribution in [0, 0.1) is 11.5 Å². The van der Waals surface area contributed by atoms with Crippen LogP contribution in [0.2, 0.25) is 0 Å². The van der Waals surface area contributed by atoms with Crippen molar-refractivity contribution in [3.8, 4) is 6.19 Å². The molecule has 0 fully saturated rings. The lowest BCUT2D eigenvalue weighted by atomic mass is 10.4. The van der Waals surface area contributed by atoms with Crippen molar-refractivity contribution in [2.24, 2.45) is 0 Å². The van der Waals surface area contributed by atoms with E-state index in [1.165, 1.54) is 0 Å². The van der Waals surface area contributed by atoms with E-state index in [9.17, 15) is 0 Å². The number of nitrogens with zero attached hydrogens (tertiary/aromatic N) is 3. The van der Waals surface area contributed by atoms with Gasteiger partial charge in [-0.2, -0.15) is 10.4 Å². The molecule has 1 aromatic rings. The molecule has 0 saturated carbocycles. The van der Waals surface area contributed by atoms with Gasteiger partial charge in [0, 0.05) is 12.1 Å². The molecule has 0 aliphatic heterocycles. The zero-order valence-corrected chi connectivity index (χ0v) is 6.57. The average molecular weight is 150 g/mol. The zero-order chi connectivity index (χ0) is 8.27. The van der Waals surface area contributed by atoms with Gasteiger partial charge in [0.15, 0.2) is 6.19 Å². The van der Waals surface area contributed by atoms with E-state index >= 15 is 0 Å². The van der Waals surface area contributed by atoms with E-state index in [2.05, 4.69) is 10.4 Å². The highest BCUT2D eigenvalue weighted by Gasteiger charge is 2.03. The third-order valence-electron chi connectivity index (χ3n) is 1.34. The second kappa shape index (κ2) is 3.06. The van der Waals surface area contributed by atoms with Crippen LogP contribution in [0.1, 0.15) is 19.9 Å². The molecule has 0 bridgehead atoms. The van der Waals surface area contributed by atoms with Crippen LogP contribution in [0.4, 0.5) is 5.82 Å². The molecule has 1 heterocycles. The highest BCUT2D eigenvalue weighted by atomic mass is 15.3. The summed E-state index contributed by atoms with van der Waals surface area (Å²) in [5.41, 5.74) is 0. The minimum absolute atomic E-state index is 0.279. The van der Waals surface area contributed by atoms with Crippen molar-refractivity contribution >= 4 is 5.82 Å². The summed E-state index contributed by atoms with van der Waals surface area (Å²) < 4.78 is 1.75. The van der Waals surface area contributed by atoms with Crippen molar-refractivity contribution in [3.63, 3.8) is 0 Å². The standard InChI is InChI=1S/C7H10N4/c1-6(2)11-7(9-5-8)3-4-10-11/h3-4,6,9H,1-2H3. The third kappa shape index (κ3) is 1.49. The van der Waals surface area contributed by atoms with E-state index in [-0.39, 0.29) is 6.04 Å². The lowest BCUT2D eigenvalue weighted by Crippen LogP contribution is -2.06. The van der Waals surface area contributed by atoms with E-state index in [1.54, 1.807) is 16.9 Å². The second-order valence-corrected chi connectivity index (χ2v) is 2.49.